The fraction of sp³-hybridized carbons (Fsp3) is 0.355. The minimum atomic E-state index is -4.13. The number of anilines is 1. The number of aryl methyl sites for hydroxylation is 1. The molecule has 0 unspecified atom stereocenters. The van der Waals surface area contributed by atoms with Gasteiger partial charge in [-0.05, 0) is 62.1 Å². The number of rotatable bonds is 11. The monoisotopic (exact) mass is 581 g/mol. The van der Waals surface area contributed by atoms with Gasteiger partial charge in [-0.25, -0.2) is 8.42 Å². The second kappa shape index (κ2) is 13.3. The average molecular weight is 582 g/mol. The molecule has 40 heavy (non-hydrogen) atoms. The van der Waals surface area contributed by atoms with E-state index in [1.807, 2.05) is 44.2 Å². The third kappa shape index (κ3) is 7.23. The maximum absolute atomic E-state index is 14.1. The quantitative estimate of drug-likeness (QED) is 0.314. The standard InChI is InChI=1S/C31H36ClN3O4S/c1-3-29(31(37)33-26-13-7-8-14-26)34(21-24-10-5-4-6-11-24)30(36)22-35(27-15-9-12-25(32)20-27)40(38,39)28-18-16-23(2)17-19-28/h4-6,9-12,15-20,26,29H,3,7-8,13-14,21-22H2,1-2H3,(H,33,37)/t29-/m1/s1. The van der Waals surface area contributed by atoms with Crippen molar-refractivity contribution in [2.24, 2.45) is 0 Å². The van der Waals surface area contributed by atoms with Crippen LogP contribution in [0.15, 0.2) is 83.8 Å². The van der Waals surface area contributed by atoms with Crippen molar-refractivity contribution in [1.82, 2.24) is 10.2 Å². The highest BCUT2D eigenvalue weighted by molar-refractivity contribution is 7.92. The molecule has 1 fully saturated rings. The topological polar surface area (TPSA) is 86.8 Å². The van der Waals surface area contributed by atoms with Crippen LogP contribution in [0.1, 0.15) is 50.2 Å². The first kappa shape index (κ1) is 29.6. The molecular weight excluding hydrogens is 546 g/mol. The highest BCUT2D eigenvalue weighted by Gasteiger charge is 2.34. The molecule has 7 nitrogen and oxygen atoms in total. The number of benzene rings is 3. The highest BCUT2D eigenvalue weighted by Crippen LogP contribution is 2.27. The molecule has 9 heteroatoms. The Morgan fingerprint density at radius 1 is 0.975 bits per heavy atom. The van der Waals surface area contributed by atoms with Gasteiger partial charge in [-0.1, -0.05) is 85.5 Å². The van der Waals surface area contributed by atoms with Gasteiger partial charge in [0.2, 0.25) is 11.8 Å². The number of amides is 2. The normalized spacial score (nSPS) is 14.5. The molecule has 1 saturated carbocycles. The van der Waals surface area contributed by atoms with Gasteiger partial charge < -0.3 is 10.2 Å². The van der Waals surface area contributed by atoms with Crippen molar-refractivity contribution in [3.8, 4) is 0 Å². The number of carbonyl (C=O) groups excluding carboxylic acids is 2. The lowest BCUT2D eigenvalue weighted by Crippen LogP contribution is -2.53. The zero-order valence-corrected chi connectivity index (χ0v) is 24.5. The van der Waals surface area contributed by atoms with Crippen molar-refractivity contribution in [3.05, 3.63) is 95.0 Å². The van der Waals surface area contributed by atoms with E-state index in [9.17, 15) is 18.0 Å². The van der Waals surface area contributed by atoms with Crippen LogP contribution in [0.5, 0.6) is 0 Å². The van der Waals surface area contributed by atoms with Gasteiger partial charge in [0.1, 0.15) is 12.6 Å². The third-order valence-electron chi connectivity index (χ3n) is 7.27. The van der Waals surface area contributed by atoms with E-state index >= 15 is 0 Å². The Bertz CT molecular complexity index is 1410. The Hall–Kier alpha value is -3.36. The molecule has 0 heterocycles. The van der Waals surface area contributed by atoms with Gasteiger partial charge in [0, 0.05) is 17.6 Å². The lowest BCUT2D eigenvalue weighted by Gasteiger charge is -2.33. The molecule has 0 spiro atoms. The van der Waals surface area contributed by atoms with E-state index in [4.69, 9.17) is 11.6 Å². The van der Waals surface area contributed by atoms with Crippen LogP contribution < -0.4 is 9.62 Å². The van der Waals surface area contributed by atoms with Gasteiger partial charge in [-0.2, -0.15) is 0 Å². The largest absolute Gasteiger partial charge is 0.352 e. The summed E-state index contributed by atoms with van der Waals surface area (Å²) in [6, 6.07) is 21.6. The van der Waals surface area contributed by atoms with E-state index in [2.05, 4.69) is 5.32 Å². The summed E-state index contributed by atoms with van der Waals surface area (Å²) in [5.41, 5.74) is 2.03. The molecule has 0 aromatic heterocycles. The summed E-state index contributed by atoms with van der Waals surface area (Å²) in [5.74, 6) is -0.692. The maximum atomic E-state index is 14.1. The molecule has 1 aliphatic carbocycles. The number of hydrogen-bond donors (Lipinski definition) is 1. The summed E-state index contributed by atoms with van der Waals surface area (Å²) < 4.78 is 28.9. The second-order valence-electron chi connectivity index (χ2n) is 10.2. The first-order valence-corrected chi connectivity index (χ1v) is 15.5. The third-order valence-corrected chi connectivity index (χ3v) is 9.29. The van der Waals surface area contributed by atoms with Crippen LogP contribution in [-0.4, -0.2) is 43.8 Å². The molecule has 0 aliphatic heterocycles. The van der Waals surface area contributed by atoms with Crippen molar-refractivity contribution in [2.45, 2.75) is 69.5 Å². The molecule has 0 bridgehead atoms. The Morgan fingerprint density at radius 3 is 2.27 bits per heavy atom. The van der Waals surface area contributed by atoms with Crippen LogP contribution in [0.2, 0.25) is 5.02 Å². The number of hydrogen-bond acceptors (Lipinski definition) is 4. The maximum Gasteiger partial charge on any atom is 0.264 e. The summed E-state index contributed by atoms with van der Waals surface area (Å²) in [5, 5.41) is 3.47. The Labute approximate surface area is 242 Å². The highest BCUT2D eigenvalue weighted by atomic mass is 35.5. The van der Waals surface area contributed by atoms with E-state index in [-0.39, 0.29) is 29.1 Å². The van der Waals surface area contributed by atoms with Crippen molar-refractivity contribution in [1.29, 1.82) is 0 Å². The van der Waals surface area contributed by atoms with Gasteiger partial charge in [0.25, 0.3) is 10.0 Å². The molecule has 2 amide bonds. The van der Waals surface area contributed by atoms with Gasteiger partial charge in [0.15, 0.2) is 0 Å². The van der Waals surface area contributed by atoms with Crippen LogP contribution in [-0.2, 0) is 26.2 Å². The predicted molar refractivity (Wildman–Crippen MR) is 159 cm³/mol. The number of sulfonamides is 1. The fourth-order valence-corrected chi connectivity index (χ4v) is 6.66. The molecular formula is C31H36ClN3O4S. The van der Waals surface area contributed by atoms with E-state index in [1.165, 1.54) is 23.1 Å². The lowest BCUT2D eigenvalue weighted by molar-refractivity contribution is -0.140. The minimum Gasteiger partial charge on any atom is -0.352 e. The Kier molecular flexibility index (Phi) is 9.87. The summed E-state index contributed by atoms with van der Waals surface area (Å²) in [6.45, 7) is 3.42. The molecule has 0 saturated heterocycles. The van der Waals surface area contributed by atoms with Crippen LogP contribution in [0, 0.1) is 6.92 Å². The van der Waals surface area contributed by atoms with Crippen LogP contribution in [0.4, 0.5) is 5.69 Å². The number of nitrogens with zero attached hydrogens (tertiary/aromatic N) is 2. The van der Waals surface area contributed by atoms with E-state index in [1.54, 1.807) is 30.3 Å². The summed E-state index contributed by atoms with van der Waals surface area (Å²) in [4.78, 5) is 29.1. The van der Waals surface area contributed by atoms with Gasteiger partial charge in [-0.15, -0.1) is 0 Å². The number of carbonyl (C=O) groups is 2. The van der Waals surface area contributed by atoms with Crippen molar-refractivity contribution in [2.75, 3.05) is 10.8 Å². The SMILES string of the molecule is CC[C@H](C(=O)NC1CCCC1)N(Cc1ccccc1)C(=O)CN(c1cccc(Cl)c1)S(=O)(=O)c1ccc(C)cc1. The van der Waals surface area contributed by atoms with Crippen LogP contribution in [0.3, 0.4) is 0 Å². The van der Waals surface area contributed by atoms with Crippen LogP contribution >= 0.6 is 11.6 Å². The molecule has 3 aromatic carbocycles. The van der Waals surface area contributed by atoms with Gasteiger partial charge >= 0.3 is 0 Å². The van der Waals surface area contributed by atoms with Crippen molar-refractivity contribution in [3.63, 3.8) is 0 Å². The zero-order chi connectivity index (χ0) is 28.7. The molecule has 1 N–H and O–H groups in total. The van der Waals surface area contributed by atoms with Gasteiger partial charge in [0.05, 0.1) is 10.6 Å². The lowest BCUT2D eigenvalue weighted by atomic mass is 10.1. The first-order valence-electron chi connectivity index (χ1n) is 13.7. The first-order chi connectivity index (χ1) is 19.2. The number of halogens is 1. The van der Waals surface area contributed by atoms with E-state index in [0.29, 0.717) is 11.4 Å². The Balaban J connectivity index is 1.70. The Morgan fingerprint density at radius 2 is 1.65 bits per heavy atom. The van der Waals surface area contributed by atoms with Crippen molar-refractivity contribution >= 4 is 39.1 Å². The zero-order valence-electron chi connectivity index (χ0n) is 22.9. The molecule has 1 aliphatic rings. The van der Waals surface area contributed by atoms with E-state index < -0.39 is 28.5 Å². The second-order valence-corrected chi connectivity index (χ2v) is 12.5. The molecule has 0 radical (unpaired) electrons. The van der Waals surface area contributed by atoms with Gasteiger partial charge in [-0.3, -0.25) is 13.9 Å². The molecule has 212 valence electrons. The predicted octanol–water partition coefficient (Wildman–Crippen LogP) is 5.71. The van der Waals surface area contributed by atoms with Crippen LogP contribution in [0.25, 0.3) is 0 Å². The molecule has 1 atom stereocenters. The average Bonchev–Trinajstić information content (AvgIpc) is 3.45. The number of nitrogens with one attached hydrogen (secondary N) is 1. The van der Waals surface area contributed by atoms with Crippen molar-refractivity contribution < 1.29 is 18.0 Å². The fourth-order valence-electron chi connectivity index (χ4n) is 5.06. The smallest absolute Gasteiger partial charge is 0.264 e. The van der Waals surface area contributed by atoms with E-state index in [0.717, 1.165) is 41.1 Å². The molecule has 4 rings (SSSR count). The summed E-state index contributed by atoms with van der Waals surface area (Å²) in [7, 11) is -4.13. The minimum absolute atomic E-state index is 0.0616. The summed E-state index contributed by atoms with van der Waals surface area (Å²) >= 11 is 6.24. The summed E-state index contributed by atoms with van der Waals surface area (Å²) in [6.07, 6.45) is 4.37. The molecule has 3 aromatic rings.